The van der Waals surface area contributed by atoms with E-state index < -0.39 is 18.0 Å². The van der Waals surface area contributed by atoms with E-state index in [4.69, 9.17) is 9.47 Å². The molecule has 0 spiro atoms. The van der Waals surface area contributed by atoms with Gasteiger partial charge in [-0.25, -0.2) is 18.9 Å². The summed E-state index contributed by atoms with van der Waals surface area (Å²) < 4.78 is 25.6. The average molecular weight is 435 g/mol. The molecule has 164 valence electrons. The first-order chi connectivity index (χ1) is 15.4. The predicted octanol–water partition coefficient (Wildman–Crippen LogP) is 3.58. The van der Waals surface area contributed by atoms with Crippen LogP contribution < -0.4 is 14.8 Å². The van der Waals surface area contributed by atoms with Crippen molar-refractivity contribution in [2.24, 2.45) is 0 Å². The molecule has 1 N–H and O–H groups in total. The molecule has 0 aliphatic carbocycles. The van der Waals surface area contributed by atoms with Crippen LogP contribution in [0.25, 0.3) is 16.9 Å². The Morgan fingerprint density at radius 2 is 1.88 bits per heavy atom. The number of fused-ring (bicyclic) bond motifs is 1. The minimum Gasteiger partial charge on any atom is -0.497 e. The topological polar surface area (TPSA) is 90.6 Å². The van der Waals surface area contributed by atoms with Gasteiger partial charge in [-0.05, 0) is 50.2 Å². The van der Waals surface area contributed by atoms with Crippen molar-refractivity contribution in [1.82, 2.24) is 24.9 Å². The zero-order valence-corrected chi connectivity index (χ0v) is 17.8. The van der Waals surface area contributed by atoms with Crippen molar-refractivity contribution in [2.45, 2.75) is 26.0 Å². The Balaban J connectivity index is 1.45. The molecule has 0 saturated carbocycles. The molecule has 0 unspecified atom stereocenters. The number of hydrogen-bond acceptors (Lipinski definition) is 6. The number of aromatic nitrogens is 4. The molecule has 0 fully saturated rings. The Morgan fingerprint density at radius 1 is 1.09 bits per heavy atom. The van der Waals surface area contributed by atoms with Gasteiger partial charge < -0.3 is 14.8 Å². The molecular formula is C23H22FN5O3. The second-order valence-electron chi connectivity index (χ2n) is 7.22. The van der Waals surface area contributed by atoms with Crippen LogP contribution in [-0.4, -0.2) is 38.7 Å². The molecule has 0 radical (unpaired) electrons. The Kier molecular flexibility index (Phi) is 5.98. The summed E-state index contributed by atoms with van der Waals surface area (Å²) >= 11 is 0. The van der Waals surface area contributed by atoms with E-state index >= 15 is 0 Å². The standard InChI is InChI=1S/C23H22FN5O3/c1-14(26-23(30)15(2)32-19-6-4-5-17(24)11-19)22-27-21-12-20(25-13-29(21)28-22)16-7-9-18(31-3)10-8-16/h4-15H,1-3H3,(H,26,30)/t14-,15+/m0/s1. The minimum absolute atomic E-state index is 0.281. The first-order valence-electron chi connectivity index (χ1n) is 10.0. The predicted molar refractivity (Wildman–Crippen MR) is 116 cm³/mol. The normalized spacial score (nSPS) is 12.9. The van der Waals surface area contributed by atoms with Gasteiger partial charge in [-0.3, -0.25) is 4.79 Å². The van der Waals surface area contributed by atoms with Gasteiger partial charge in [0, 0.05) is 17.7 Å². The summed E-state index contributed by atoms with van der Waals surface area (Å²) in [5, 5.41) is 7.22. The van der Waals surface area contributed by atoms with E-state index in [1.165, 1.54) is 18.2 Å². The highest BCUT2D eigenvalue weighted by Gasteiger charge is 2.20. The van der Waals surface area contributed by atoms with Gasteiger partial charge >= 0.3 is 0 Å². The highest BCUT2D eigenvalue weighted by molar-refractivity contribution is 5.81. The first-order valence-corrected chi connectivity index (χ1v) is 10.0. The van der Waals surface area contributed by atoms with Crippen molar-refractivity contribution in [3.05, 3.63) is 72.6 Å². The van der Waals surface area contributed by atoms with E-state index in [0.717, 1.165) is 17.0 Å². The van der Waals surface area contributed by atoms with Gasteiger partial charge in [0.25, 0.3) is 5.91 Å². The maximum absolute atomic E-state index is 13.3. The van der Waals surface area contributed by atoms with Gasteiger partial charge in [0.05, 0.1) is 18.8 Å². The van der Waals surface area contributed by atoms with Gasteiger partial charge in [-0.2, -0.15) is 0 Å². The summed E-state index contributed by atoms with van der Waals surface area (Å²) in [7, 11) is 1.62. The molecule has 0 aliphatic heterocycles. The zero-order chi connectivity index (χ0) is 22.7. The maximum Gasteiger partial charge on any atom is 0.261 e. The van der Waals surface area contributed by atoms with Crippen LogP contribution in [0.15, 0.2) is 60.9 Å². The van der Waals surface area contributed by atoms with E-state index in [-0.39, 0.29) is 11.7 Å². The third-order valence-electron chi connectivity index (χ3n) is 4.86. The number of carbonyl (C=O) groups is 1. The summed E-state index contributed by atoms with van der Waals surface area (Å²) in [6, 6.07) is 14.6. The molecule has 2 atom stereocenters. The molecule has 2 aromatic heterocycles. The number of halogens is 1. The van der Waals surface area contributed by atoms with Gasteiger partial charge in [-0.1, -0.05) is 6.07 Å². The third-order valence-corrected chi connectivity index (χ3v) is 4.86. The lowest BCUT2D eigenvalue weighted by Gasteiger charge is -2.17. The Hall–Kier alpha value is -4.01. The van der Waals surface area contributed by atoms with Crippen molar-refractivity contribution < 1.29 is 18.7 Å². The van der Waals surface area contributed by atoms with Crippen LogP contribution in [0.5, 0.6) is 11.5 Å². The van der Waals surface area contributed by atoms with Crippen molar-refractivity contribution in [2.75, 3.05) is 7.11 Å². The highest BCUT2D eigenvalue weighted by atomic mass is 19.1. The van der Waals surface area contributed by atoms with E-state index in [1.54, 1.807) is 37.9 Å². The van der Waals surface area contributed by atoms with Crippen molar-refractivity contribution in [3.63, 3.8) is 0 Å². The van der Waals surface area contributed by atoms with Crippen LogP contribution in [0, 0.1) is 5.82 Å². The lowest BCUT2D eigenvalue weighted by atomic mass is 10.1. The monoisotopic (exact) mass is 435 g/mol. The average Bonchev–Trinajstić information content (AvgIpc) is 3.23. The van der Waals surface area contributed by atoms with E-state index in [1.807, 2.05) is 30.3 Å². The largest absolute Gasteiger partial charge is 0.497 e. The Bertz CT molecular complexity index is 1240. The molecule has 4 aromatic rings. The number of hydrogen-bond donors (Lipinski definition) is 1. The minimum atomic E-state index is -0.820. The van der Waals surface area contributed by atoms with Crippen LogP contribution in [-0.2, 0) is 4.79 Å². The van der Waals surface area contributed by atoms with Gasteiger partial charge in [0.1, 0.15) is 23.6 Å². The van der Waals surface area contributed by atoms with E-state index in [2.05, 4.69) is 20.4 Å². The van der Waals surface area contributed by atoms with Gasteiger partial charge in [0.15, 0.2) is 17.6 Å². The SMILES string of the molecule is COc1ccc(-c2cc3nc([C@H](C)NC(=O)[C@@H](C)Oc4cccc(F)c4)nn3cn2)cc1. The van der Waals surface area contributed by atoms with Crippen LogP contribution >= 0.6 is 0 Å². The van der Waals surface area contributed by atoms with E-state index in [9.17, 15) is 9.18 Å². The molecule has 0 aliphatic rings. The van der Waals surface area contributed by atoms with E-state index in [0.29, 0.717) is 11.5 Å². The number of nitrogens with one attached hydrogen (secondary N) is 1. The molecule has 0 saturated heterocycles. The molecule has 2 heterocycles. The van der Waals surface area contributed by atoms with Crippen LogP contribution in [0.3, 0.4) is 0 Å². The Morgan fingerprint density at radius 3 is 2.59 bits per heavy atom. The molecular weight excluding hydrogens is 413 g/mol. The number of carbonyl (C=O) groups excluding carboxylic acids is 1. The fourth-order valence-corrected chi connectivity index (χ4v) is 3.11. The number of nitrogens with zero attached hydrogens (tertiary/aromatic N) is 4. The number of ether oxygens (including phenoxy) is 2. The van der Waals surface area contributed by atoms with Gasteiger partial charge in [-0.15, -0.1) is 5.10 Å². The summed E-state index contributed by atoms with van der Waals surface area (Å²) in [6.07, 6.45) is 0.759. The fraction of sp³-hybridized carbons (Fsp3) is 0.217. The smallest absolute Gasteiger partial charge is 0.261 e. The summed E-state index contributed by atoms with van der Waals surface area (Å²) in [4.78, 5) is 21.5. The second kappa shape index (κ2) is 9.01. The van der Waals surface area contributed by atoms with Crippen LogP contribution in [0.4, 0.5) is 4.39 Å². The van der Waals surface area contributed by atoms with Crippen LogP contribution in [0.1, 0.15) is 25.7 Å². The van der Waals surface area contributed by atoms with Crippen molar-refractivity contribution in [3.8, 4) is 22.8 Å². The summed E-state index contributed by atoms with van der Waals surface area (Å²) in [5.41, 5.74) is 2.27. The fourth-order valence-electron chi connectivity index (χ4n) is 3.11. The Labute approximate surface area is 184 Å². The second-order valence-corrected chi connectivity index (χ2v) is 7.22. The van der Waals surface area contributed by atoms with Gasteiger partial charge in [0.2, 0.25) is 0 Å². The zero-order valence-electron chi connectivity index (χ0n) is 17.8. The molecule has 32 heavy (non-hydrogen) atoms. The molecule has 9 heteroatoms. The number of benzene rings is 2. The highest BCUT2D eigenvalue weighted by Crippen LogP contribution is 2.22. The lowest BCUT2D eigenvalue weighted by Crippen LogP contribution is -2.38. The number of amides is 1. The molecule has 0 bridgehead atoms. The van der Waals surface area contributed by atoms with Crippen molar-refractivity contribution >= 4 is 11.6 Å². The molecule has 2 aromatic carbocycles. The lowest BCUT2D eigenvalue weighted by molar-refractivity contribution is -0.128. The maximum atomic E-state index is 13.3. The molecule has 8 nitrogen and oxygen atoms in total. The molecule has 4 rings (SSSR count). The number of rotatable bonds is 7. The summed E-state index contributed by atoms with van der Waals surface area (Å²) in [6.45, 7) is 3.37. The number of methoxy groups -OCH3 is 1. The molecule has 1 amide bonds. The first kappa shape index (κ1) is 21.2. The summed E-state index contributed by atoms with van der Waals surface area (Å²) in [5.74, 6) is 0.686. The van der Waals surface area contributed by atoms with Crippen LogP contribution in [0.2, 0.25) is 0 Å². The van der Waals surface area contributed by atoms with Crippen molar-refractivity contribution in [1.29, 1.82) is 0 Å². The quantitative estimate of drug-likeness (QED) is 0.477. The third kappa shape index (κ3) is 4.66.